The standard InChI is InChI=1S/C4H8.2CH4N.2CH3.4Y/c1-3-4-2;2*1-2;;;;;;/h1-4H2;2*1-2H2;2*1H3;;;;/q-2;4*-1;;;;. The molecular weight excluding hydrogens is 480 g/mol. The molecule has 0 rings (SSSR count). The molecule has 4 radical (unpaired) electrons. The molecule has 0 aliphatic rings. The smallest absolute Gasteiger partial charge is 0 e. The SMILES string of the molecule is [CH2-]CC[CH2-].[CH2-]N.[CH2-]N.[CH3-].[CH3-].[Y].[Y].[Y].[Y]. The maximum atomic E-state index is 4.25. The van der Waals surface area contributed by atoms with Gasteiger partial charge in [-0.1, -0.05) is 0 Å². The second kappa shape index (κ2) is 115. The van der Waals surface area contributed by atoms with Gasteiger partial charge in [0.05, 0.1) is 0 Å². The zero-order chi connectivity index (χ0) is 7.41. The van der Waals surface area contributed by atoms with Gasteiger partial charge in [0.25, 0.3) is 0 Å². The van der Waals surface area contributed by atoms with Crippen molar-refractivity contribution in [2.24, 2.45) is 11.5 Å². The van der Waals surface area contributed by atoms with Gasteiger partial charge in [0.1, 0.15) is 0 Å². The Hall–Kier alpha value is 4.34. The van der Waals surface area contributed by atoms with Gasteiger partial charge in [0, 0.05) is 131 Å². The first-order valence-corrected chi connectivity index (χ1v) is 2.32. The number of rotatable bonds is 1. The van der Waals surface area contributed by atoms with Crippen LogP contribution in [0.2, 0.25) is 0 Å². The second-order valence-corrected chi connectivity index (χ2v) is 0.707. The summed E-state index contributed by atoms with van der Waals surface area (Å²) < 4.78 is 0. The van der Waals surface area contributed by atoms with Gasteiger partial charge >= 0.3 is 0 Å². The summed E-state index contributed by atoms with van der Waals surface area (Å²) in [6.45, 7) is 7.08. The fraction of sp³-hybridized carbons (Fsp3) is 0.250. The molecule has 4 N–H and O–H groups in total. The van der Waals surface area contributed by atoms with E-state index >= 15 is 0 Å². The van der Waals surface area contributed by atoms with Crippen molar-refractivity contribution in [3.05, 3.63) is 42.8 Å². The molecule has 0 amide bonds. The van der Waals surface area contributed by atoms with Gasteiger partial charge in [-0.2, -0.15) is 0 Å². The minimum Gasteiger partial charge on any atom is -0.486 e. The zero-order valence-corrected chi connectivity index (χ0v) is 21.1. The van der Waals surface area contributed by atoms with Gasteiger partial charge in [-0.15, -0.1) is 0 Å². The summed E-state index contributed by atoms with van der Waals surface area (Å²) in [5.41, 5.74) is 8.50. The molecule has 0 aliphatic heterocycles. The van der Waals surface area contributed by atoms with E-state index in [-0.39, 0.29) is 146 Å². The van der Waals surface area contributed by atoms with Crippen molar-refractivity contribution in [3.8, 4) is 0 Å². The minimum atomic E-state index is 0. The van der Waals surface area contributed by atoms with Crippen LogP contribution in [-0.2, 0) is 131 Å². The summed E-state index contributed by atoms with van der Waals surface area (Å²) >= 11 is 0. The summed E-state index contributed by atoms with van der Waals surface area (Å²) in [6.07, 6.45) is 1.92. The molecule has 0 fully saturated rings. The maximum Gasteiger partial charge on any atom is 0 e. The molecule has 0 bridgehead atoms. The van der Waals surface area contributed by atoms with E-state index in [9.17, 15) is 0 Å². The van der Waals surface area contributed by atoms with Crippen molar-refractivity contribution in [1.29, 1.82) is 0 Å². The van der Waals surface area contributed by atoms with Crippen molar-refractivity contribution >= 4 is 0 Å². The van der Waals surface area contributed by atoms with Crippen molar-refractivity contribution < 1.29 is 131 Å². The Bertz CT molecular complexity index is 21.3. The van der Waals surface area contributed by atoms with E-state index in [0.29, 0.717) is 0 Å². The first-order valence-electron chi connectivity index (χ1n) is 2.32. The second-order valence-electron chi connectivity index (χ2n) is 0.707. The van der Waals surface area contributed by atoms with E-state index in [1.165, 1.54) is 0 Å². The first kappa shape index (κ1) is 63.2. The van der Waals surface area contributed by atoms with Crippen molar-refractivity contribution in [1.82, 2.24) is 0 Å². The van der Waals surface area contributed by atoms with E-state index < -0.39 is 0 Å². The van der Waals surface area contributed by atoms with Gasteiger partial charge < -0.3 is 40.2 Å². The monoisotopic (exact) mass is 502 g/mol. The third-order valence-corrected chi connectivity index (χ3v) is 0.250. The van der Waals surface area contributed by atoms with Crippen LogP contribution < -0.4 is 11.5 Å². The Labute approximate surface area is 194 Å². The summed E-state index contributed by atoms with van der Waals surface area (Å²) in [5, 5.41) is 0. The van der Waals surface area contributed by atoms with Crippen LogP contribution in [0.3, 0.4) is 0 Å². The molecule has 82 valence electrons. The topological polar surface area (TPSA) is 52.0 Å². The van der Waals surface area contributed by atoms with Crippen LogP contribution in [0.15, 0.2) is 0 Å². The number of hydrogen-bond donors (Lipinski definition) is 2. The van der Waals surface area contributed by atoms with Gasteiger partial charge in [0.15, 0.2) is 0 Å². The Morgan fingerprint density at radius 2 is 0.643 bits per heavy atom. The minimum absolute atomic E-state index is 0. The zero-order valence-electron chi connectivity index (χ0n) is 9.71. The molecule has 0 atom stereocenters. The largest absolute Gasteiger partial charge is 0.486 e. The Kier molecular flexibility index (Phi) is 520. The Balaban J connectivity index is -0.00000000333. The van der Waals surface area contributed by atoms with E-state index in [4.69, 9.17) is 0 Å². The van der Waals surface area contributed by atoms with Crippen LogP contribution in [0, 0.1) is 42.8 Å². The quantitative estimate of drug-likeness (QED) is 0.539. The Morgan fingerprint density at radius 1 is 0.571 bits per heavy atom. The molecule has 0 aliphatic carbocycles. The van der Waals surface area contributed by atoms with E-state index in [1.54, 1.807) is 0 Å². The van der Waals surface area contributed by atoms with Gasteiger partial charge in [-0.3, -0.25) is 14.1 Å². The molecule has 0 saturated carbocycles. The van der Waals surface area contributed by atoms with Crippen LogP contribution in [0.1, 0.15) is 12.8 Å². The molecule has 14 heavy (non-hydrogen) atoms. The molecule has 0 aromatic carbocycles. The molecule has 0 spiro atoms. The summed E-state index contributed by atoms with van der Waals surface area (Å²) in [4.78, 5) is 0. The average molecular weight is 502 g/mol. The van der Waals surface area contributed by atoms with Crippen molar-refractivity contribution in [3.63, 3.8) is 0 Å². The molecular formula is C8H22N2Y4-6. The van der Waals surface area contributed by atoms with Crippen molar-refractivity contribution in [2.45, 2.75) is 12.8 Å². The van der Waals surface area contributed by atoms with Crippen LogP contribution in [-0.4, -0.2) is 0 Å². The third-order valence-electron chi connectivity index (χ3n) is 0.250. The molecule has 0 saturated heterocycles. The molecule has 0 unspecified atom stereocenters. The maximum absolute atomic E-state index is 4.25. The summed E-state index contributed by atoms with van der Waals surface area (Å²) in [6, 6.07) is 0. The van der Waals surface area contributed by atoms with Crippen molar-refractivity contribution in [2.75, 3.05) is 0 Å². The summed E-state index contributed by atoms with van der Waals surface area (Å²) in [7, 11) is 5.50. The molecule has 2 nitrogen and oxygen atoms in total. The van der Waals surface area contributed by atoms with E-state index in [1.807, 2.05) is 0 Å². The fourth-order valence-corrected chi connectivity index (χ4v) is 0. The van der Waals surface area contributed by atoms with Gasteiger partial charge in [0.2, 0.25) is 0 Å². The van der Waals surface area contributed by atoms with E-state index in [2.05, 4.69) is 39.4 Å². The summed E-state index contributed by atoms with van der Waals surface area (Å²) in [5.74, 6) is 0. The molecule has 0 aromatic rings. The van der Waals surface area contributed by atoms with Gasteiger partial charge in [-0.25, -0.2) is 12.8 Å². The van der Waals surface area contributed by atoms with Crippen LogP contribution >= 0.6 is 0 Å². The predicted octanol–water partition coefficient (Wildman–Crippen LogP) is 1.80. The average Bonchev–Trinajstić information content (AvgIpc) is 1.96. The fourth-order valence-electron chi connectivity index (χ4n) is 0. The Morgan fingerprint density at radius 3 is 0.643 bits per heavy atom. The van der Waals surface area contributed by atoms with Crippen LogP contribution in [0.4, 0.5) is 0 Å². The number of hydrogen-bond acceptors (Lipinski definition) is 2. The van der Waals surface area contributed by atoms with E-state index in [0.717, 1.165) is 12.8 Å². The normalized spacial score (nSPS) is 3.00. The number of nitrogens with two attached hydrogens (primary N) is 2. The molecule has 0 heterocycles. The van der Waals surface area contributed by atoms with Gasteiger partial charge in [-0.05, 0) is 0 Å². The van der Waals surface area contributed by atoms with Crippen LogP contribution in [0.25, 0.3) is 0 Å². The molecule has 6 heteroatoms. The predicted molar refractivity (Wildman–Crippen MR) is 51.9 cm³/mol. The number of unbranched alkanes of at least 4 members (excludes halogenated alkanes) is 1. The molecule has 0 aromatic heterocycles. The first-order chi connectivity index (χ1) is 3.91. The third kappa shape index (κ3) is 135. The van der Waals surface area contributed by atoms with Crippen LogP contribution in [0.5, 0.6) is 0 Å².